The van der Waals surface area contributed by atoms with Crippen molar-refractivity contribution in [3.63, 3.8) is 0 Å². The van der Waals surface area contributed by atoms with Gasteiger partial charge in [0.1, 0.15) is 0 Å². The van der Waals surface area contributed by atoms with Crippen LogP contribution in [0.1, 0.15) is 46.0 Å². The van der Waals surface area contributed by atoms with Gasteiger partial charge in [-0.25, -0.2) is 0 Å². The van der Waals surface area contributed by atoms with Crippen molar-refractivity contribution in [3.05, 3.63) is 0 Å². The molecule has 3 N–H and O–H groups in total. The molecule has 0 radical (unpaired) electrons. The van der Waals surface area contributed by atoms with E-state index in [0.29, 0.717) is 0 Å². The monoisotopic (exact) mass is 212 g/mol. The average Bonchev–Trinajstić information content (AvgIpc) is 2.07. The summed E-state index contributed by atoms with van der Waals surface area (Å²) in [5.74, 6) is 1.18. The van der Waals surface area contributed by atoms with E-state index in [1.807, 2.05) is 13.8 Å². The maximum absolute atomic E-state index is 7.41. The molecule has 0 aromatic carbocycles. The third kappa shape index (κ3) is 4.20. The van der Waals surface area contributed by atoms with Crippen LogP contribution in [-0.4, -0.2) is 19.0 Å². The zero-order valence-corrected chi connectivity index (χ0v) is 10.0. The van der Waals surface area contributed by atoms with Gasteiger partial charge in [0, 0.05) is 18.6 Å². The lowest BCUT2D eigenvalue weighted by atomic mass is 9.83. The van der Waals surface area contributed by atoms with Crippen LogP contribution in [0.4, 0.5) is 0 Å². The third-order valence-electron chi connectivity index (χ3n) is 3.50. The molecule has 0 aromatic heterocycles. The van der Waals surface area contributed by atoms with Crippen molar-refractivity contribution < 1.29 is 4.74 Å². The van der Waals surface area contributed by atoms with Crippen molar-refractivity contribution in [2.45, 2.75) is 46.0 Å². The molecule has 0 aromatic rings. The number of ether oxygens (including phenoxy) is 1. The number of hydrogen-bond acceptors (Lipinski definition) is 2. The van der Waals surface area contributed by atoms with E-state index < -0.39 is 0 Å². The van der Waals surface area contributed by atoms with Gasteiger partial charge in [-0.05, 0) is 18.8 Å². The second-order valence-electron chi connectivity index (χ2n) is 5.25. The highest BCUT2D eigenvalue weighted by atomic mass is 16.5. The Hall–Kier alpha value is -0.570. The first kappa shape index (κ1) is 12.5. The molecular formula is C12H24N2O. The van der Waals surface area contributed by atoms with Crippen LogP contribution in [0.15, 0.2) is 0 Å². The lowest BCUT2D eigenvalue weighted by molar-refractivity contribution is 0.0932. The molecular weight excluding hydrogens is 188 g/mol. The Morgan fingerprint density at radius 1 is 1.40 bits per heavy atom. The van der Waals surface area contributed by atoms with Gasteiger partial charge >= 0.3 is 0 Å². The summed E-state index contributed by atoms with van der Waals surface area (Å²) in [4.78, 5) is 0. The molecule has 0 saturated heterocycles. The van der Waals surface area contributed by atoms with Crippen molar-refractivity contribution in [2.75, 3.05) is 13.2 Å². The maximum Gasteiger partial charge on any atom is 0.0963 e. The molecule has 15 heavy (non-hydrogen) atoms. The summed E-state index contributed by atoms with van der Waals surface area (Å²) in [7, 11) is 0. The number of amidine groups is 1. The zero-order chi connectivity index (χ0) is 11.3. The van der Waals surface area contributed by atoms with Crippen LogP contribution in [0.3, 0.4) is 0 Å². The van der Waals surface area contributed by atoms with Gasteiger partial charge in [-0.1, -0.05) is 33.1 Å². The molecule has 0 unspecified atom stereocenters. The largest absolute Gasteiger partial charge is 0.387 e. The smallest absolute Gasteiger partial charge is 0.0963 e. The third-order valence-corrected chi connectivity index (χ3v) is 3.50. The van der Waals surface area contributed by atoms with Crippen LogP contribution in [0.25, 0.3) is 0 Å². The van der Waals surface area contributed by atoms with Crippen molar-refractivity contribution in [1.82, 2.24) is 0 Å². The zero-order valence-electron chi connectivity index (χ0n) is 10.0. The molecule has 0 aliphatic heterocycles. The van der Waals surface area contributed by atoms with E-state index in [-0.39, 0.29) is 11.3 Å². The molecule has 0 spiro atoms. The highest BCUT2D eigenvalue weighted by Gasteiger charge is 2.21. The highest BCUT2D eigenvalue weighted by Crippen LogP contribution is 2.29. The van der Waals surface area contributed by atoms with Crippen LogP contribution in [0.2, 0.25) is 0 Å². The summed E-state index contributed by atoms with van der Waals surface area (Å²) in [5, 5.41) is 7.41. The molecule has 0 amide bonds. The summed E-state index contributed by atoms with van der Waals surface area (Å²) in [6.07, 6.45) is 6.24. The normalized spacial score (nSPS) is 17.5. The second-order valence-corrected chi connectivity index (χ2v) is 5.25. The van der Waals surface area contributed by atoms with E-state index >= 15 is 0 Å². The van der Waals surface area contributed by atoms with Gasteiger partial charge in [-0.3, -0.25) is 5.41 Å². The van der Waals surface area contributed by atoms with Crippen molar-refractivity contribution >= 4 is 5.84 Å². The average molecular weight is 212 g/mol. The lowest BCUT2D eigenvalue weighted by Crippen LogP contribution is -2.32. The van der Waals surface area contributed by atoms with E-state index in [2.05, 4.69) is 0 Å². The predicted molar refractivity (Wildman–Crippen MR) is 63.1 cm³/mol. The molecule has 0 atom stereocenters. The fourth-order valence-electron chi connectivity index (χ4n) is 1.60. The summed E-state index contributed by atoms with van der Waals surface area (Å²) in [6, 6.07) is 0. The summed E-state index contributed by atoms with van der Waals surface area (Å²) >= 11 is 0. The van der Waals surface area contributed by atoms with E-state index in [9.17, 15) is 0 Å². The molecule has 1 fully saturated rings. The fraction of sp³-hybridized carbons (Fsp3) is 0.917. The molecule has 3 nitrogen and oxygen atoms in total. The number of nitrogens with two attached hydrogens (primary N) is 1. The molecule has 1 rings (SSSR count). The van der Waals surface area contributed by atoms with Gasteiger partial charge in [0.15, 0.2) is 0 Å². The Bertz CT molecular complexity index is 210. The first-order valence-electron chi connectivity index (χ1n) is 5.94. The predicted octanol–water partition coefficient (Wildman–Crippen LogP) is 2.55. The molecule has 1 saturated carbocycles. The van der Waals surface area contributed by atoms with Crippen LogP contribution in [0, 0.1) is 16.7 Å². The maximum atomic E-state index is 7.41. The number of nitrogens with one attached hydrogen (secondary N) is 1. The Kier molecular flexibility index (Phi) is 4.58. The summed E-state index contributed by atoms with van der Waals surface area (Å²) in [6.45, 7) is 5.58. The Balaban J connectivity index is 1.98. The minimum Gasteiger partial charge on any atom is -0.387 e. The Labute approximate surface area is 92.9 Å². The van der Waals surface area contributed by atoms with Crippen molar-refractivity contribution in [3.8, 4) is 0 Å². The summed E-state index contributed by atoms with van der Waals surface area (Å²) < 4.78 is 5.57. The van der Waals surface area contributed by atoms with Crippen LogP contribution in [-0.2, 0) is 4.74 Å². The standard InChI is InChI=1S/C12H24N2O/c1-12(2,11(13)14)7-9-15-8-6-10-4-3-5-10/h10H,3-9H2,1-2H3,(H3,13,14). The molecule has 3 heteroatoms. The Morgan fingerprint density at radius 3 is 2.53 bits per heavy atom. The topological polar surface area (TPSA) is 59.1 Å². The Morgan fingerprint density at radius 2 is 2.07 bits per heavy atom. The summed E-state index contributed by atoms with van der Waals surface area (Å²) in [5.41, 5.74) is 5.28. The number of rotatable bonds is 7. The number of hydrogen-bond donors (Lipinski definition) is 2. The SMILES string of the molecule is CC(C)(CCOCCC1CCC1)C(=N)N. The quantitative estimate of drug-likeness (QED) is 0.387. The molecule has 1 aliphatic carbocycles. The van der Waals surface area contributed by atoms with Gasteiger partial charge in [0.05, 0.1) is 5.84 Å². The van der Waals surface area contributed by atoms with Gasteiger partial charge < -0.3 is 10.5 Å². The van der Waals surface area contributed by atoms with Gasteiger partial charge in [-0.2, -0.15) is 0 Å². The molecule has 0 bridgehead atoms. The van der Waals surface area contributed by atoms with Crippen LogP contribution in [0.5, 0.6) is 0 Å². The van der Waals surface area contributed by atoms with Crippen molar-refractivity contribution in [2.24, 2.45) is 17.1 Å². The second kappa shape index (κ2) is 5.50. The van der Waals surface area contributed by atoms with E-state index in [0.717, 1.165) is 25.6 Å². The van der Waals surface area contributed by atoms with Crippen LogP contribution < -0.4 is 5.73 Å². The van der Waals surface area contributed by atoms with E-state index in [4.69, 9.17) is 15.9 Å². The lowest BCUT2D eigenvalue weighted by Gasteiger charge is -2.26. The highest BCUT2D eigenvalue weighted by molar-refractivity contribution is 5.82. The molecule has 88 valence electrons. The van der Waals surface area contributed by atoms with E-state index in [1.54, 1.807) is 0 Å². The van der Waals surface area contributed by atoms with Gasteiger partial charge in [-0.15, -0.1) is 0 Å². The molecule has 1 aliphatic rings. The van der Waals surface area contributed by atoms with Crippen molar-refractivity contribution in [1.29, 1.82) is 5.41 Å². The minimum absolute atomic E-state index is 0.212. The van der Waals surface area contributed by atoms with E-state index in [1.165, 1.54) is 25.7 Å². The molecule has 0 heterocycles. The van der Waals surface area contributed by atoms with Gasteiger partial charge in [0.25, 0.3) is 0 Å². The van der Waals surface area contributed by atoms with Crippen LogP contribution >= 0.6 is 0 Å². The fourth-order valence-corrected chi connectivity index (χ4v) is 1.60. The minimum atomic E-state index is -0.212. The first-order valence-corrected chi connectivity index (χ1v) is 5.94. The first-order chi connectivity index (χ1) is 7.02. The van der Waals surface area contributed by atoms with Gasteiger partial charge in [0.2, 0.25) is 0 Å².